The molecule has 0 saturated carbocycles. The van der Waals surface area contributed by atoms with Crippen LogP contribution in [-0.4, -0.2) is 55.5 Å². The molecule has 1 aromatic carbocycles. The highest BCUT2D eigenvalue weighted by atomic mass is 16.6. The van der Waals surface area contributed by atoms with Crippen LogP contribution in [0.1, 0.15) is 36.7 Å². The van der Waals surface area contributed by atoms with Gasteiger partial charge in [0.25, 0.3) is 0 Å². The molecule has 29 heavy (non-hydrogen) atoms. The third-order valence-corrected chi connectivity index (χ3v) is 4.21. The fraction of sp³-hybridized carbons (Fsp3) is 0.400. The predicted molar refractivity (Wildman–Crippen MR) is 106 cm³/mol. The van der Waals surface area contributed by atoms with Crippen molar-refractivity contribution in [2.45, 2.75) is 26.4 Å². The number of carbonyl (C=O) groups is 1. The summed E-state index contributed by atoms with van der Waals surface area (Å²) < 4.78 is 21.5. The van der Waals surface area contributed by atoms with Crippen LogP contribution in [0.2, 0.25) is 0 Å². The van der Waals surface area contributed by atoms with Gasteiger partial charge in [0.15, 0.2) is 5.78 Å². The Morgan fingerprint density at radius 1 is 1.03 bits per heavy atom. The molecule has 0 amide bonds. The summed E-state index contributed by atoms with van der Waals surface area (Å²) >= 11 is 0. The zero-order valence-corrected chi connectivity index (χ0v) is 17.6. The van der Waals surface area contributed by atoms with Gasteiger partial charge in [0.1, 0.15) is 18.5 Å². The number of benzene rings is 1. The molecule has 0 aliphatic rings. The lowest BCUT2D eigenvalue weighted by atomic mass is 9.90. The van der Waals surface area contributed by atoms with E-state index in [0.29, 0.717) is 11.3 Å². The minimum Gasteiger partial charge on any atom is -0.481 e. The van der Waals surface area contributed by atoms with E-state index in [4.69, 9.17) is 23.8 Å². The van der Waals surface area contributed by atoms with Gasteiger partial charge >= 0.3 is 6.01 Å². The molecule has 0 aliphatic heterocycles. The van der Waals surface area contributed by atoms with Gasteiger partial charge in [0.2, 0.25) is 11.8 Å². The Morgan fingerprint density at radius 2 is 1.66 bits per heavy atom. The maximum absolute atomic E-state index is 13.3. The number of Topliss-reactive ketones (excluding diaryl/α,β-unsaturated/α-hetero) is 1. The van der Waals surface area contributed by atoms with Crippen molar-refractivity contribution in [1.82, 2.24) is 9.97 Å². The van der Waals surface area contributed by atoms with Gasteiger partial charge in [-0.2, -0.15) is 9.97 Å². The maximum atomic E-state index is 13.3. The molecule has 0 N–H and O–H groups in total. The third kappa shape index (κ3) is 5.00. The molecular weight excluding hydrogens is 378 g/mol. The average molecular weight is 403 g/mol. The van der Waals surface area contributed by atoms with Gasteiger partial charge in [-0.05, 0) is 26.8 Å². The Hall–Kier alpha value is -3.20. The molecule has 0 unspecified atom stereocenters. The van der Waals surface area contributed by atoms with Crippen LogP contribution >= 0.6 is 0 Å². The highest BCUT2D eigenvalue weighted by Crippen LogP contribution is 2.32. The molecule has 2 aromatic rings. The molecule has 0 radical (unpaired) electrons. The highest BCUT2D eigenvalue weighted by molar-refractivity contribution is 6.14. The minimum atomic E-state index is -1.10. The number of ether oxygens (including phenoxy) is 4. The van der Waals surface area contributed by atoms with Crippen LogP contribution in [0.5, 0.6) is 23.5 Å². The maximum Gasteiger partial charge on any atom is 0.328 e. The van der Waals surface area contributed by atoms with Gasteiger partial charge in [0, 0.05) is 12.7 Å². The first-order chi connectivity index (χ1) is 13.8. The van der Waals surface area contributed by atoms with Crippen molar-refractivity contribution in [3.05, 3.63) is 35.4 Å². The van der Waals surface area contributed by atoms with Gasteiger partial charge in [-0.15, -0.1) is 0 Å². The molecule has 1 aromatic heterocycles. The standard InChI is InChI=1S/C20H25N3O6/c1-12(23-28-7)13-9-8-10-14(17(13)18(24)20(2,3)27-6)29-19-21-15(25-4)11-16(22-19)26-5/h8-11H,1-7H3. The number of rotatable bonds is 9. The van der Waals surface area contributed by atoms with E-state index in [9.17, 15) is 4.79 Å². The number of ketones is 1. The first-order valence-electron chi connectivity index (χ1n) is 8.73. The summed E-state index contributed by atoms with van der Waals surface area (Å²) in [5, 5.41) is 3.95. The second-order valence-electron chi connectivity index (χ2n) is 6.42. The zero-order valence-electron chi connectivity index (χ0n) is 17.6. The van der Waals surface area contributed by atoms with Crippen molar-refractivity contribution in [3.63, 3.8) is 0 Å². The van der Waals surface area contributed by atoms with E-state index in [1.165, 1.54) is 34.5 Å². The van der Waals surface area contributed by atoms with Crippen molar-refractivity contribution in [3.8, 4) is 23.5 Å². The second-order valence-corrected chi connectivity index (χ2v) is 6.42. The topological polar surface area (TPSA) is 101 Å². The van der Waals surface area contributed by atoms with Gasteiger partial charge in [-0.25, -0.2) is 0 Å². The number of nitrogens with zero attached hydrogens (tertiary/aromatic N) is 3. The van der Waals surface area contributed by atoms with E-state index in [1.807, 2.05) is 0 Å². The van der Waals surface area contributed by atoms with Crippen LogP contribution in [0.4, 0.5) is 0 Å². The van der Waals surface area contributed by atoms with Gasteiger partial charge in [-0.1, -0.05) is 17.3 Å². The molecule has 2 rings (SSSR count). The Labute approximate surface area is 169 Å². The normalized spacial score (nSPS) is 11.8. The van der Waals surface area contributed by atoms with Crippen LogP contribution in [-0.2, 0) is 9.57 Å². The summed E-state index contributed by atoms with van der Waals surface area (Å²) in [5.41, 5.74) is 0.198. The lowest BCUT2D eigenvalue weighted by Gasteiger charge is -2.24. The van der Waals surface area contributed by atoms with Crippen LogP contribution in [0.25, 0.3) is 0 Å². The zero-order chi connectivity index (χ0) is 21.6. The van der Waals surface area contributed by atoms with Crippen LogP contribution in [0.15, 0.2) is 29.4 Å². The molecule has 9 nitrogen and oxygen atoms in total. The molecule has 0 fully saturated rings. The molecular formula is C20H25N3O6. The number of hydrogen-bond acceptors (Lipinski definition) is 9. The summed E-state index contributed by atoms with van der Waals surface area (Å²) in [5.74, 6) is 0.445. The smallest absolute Gasteiger partial charge is 0.328 e. The summed E-state index contributed by atoms with van der Waals surface area (Å²) in [4.78, 5) is 26.5. The fourth-order valence-corrected chi connectivity index (χ4v) is 2.47. The van der Waals surface area contributed by atoms with Crippen molar-refractivity contribution >= 4 is 11.5 Å². The molecule has 9 heteroatoms. The predicted octanol–water partition coefficient (Wildman–Crippen LogP) is 3.26. The summed E-state index contributed by atoms with van der Waals surface area (Å²) in [6.07, 6.45) is 0. The monoisotopic (exact) mass is 403 g/mol. The van der Waals surface area contributed by atoms with Crippen molar-refractivity contribution in [2.75, 3.05) is 28.4 Å². The minimum absolute atomic E-state index is 0.0380. The Kier molecular flexibility index (Phi) is 7.11. The summed E-state index contributed by atoms with van der Waals surface area (Å²) in [7, 11) is 5.83. The Bertz CT molecular complexity index is 889. The summed E-state index contributed by atoms with van der Waals surface area (Å²) in [6, 6.07) is 6.59. The molecule has 0 aliphatic carbocycles. The number of methoxy groups -OCH3 is 3. The summed E-state index contributed by atoms with van der Waals surface area (Å²) in [6.45, 7) is 5.07. The molecule has 0 bridgehead atoms. The first kappa shape index (κ1) is 22.1. The van der Waals surface area contributed by atoms with Crippen LogP contribution < -0.4 is 14.2 Å². The van der Waals surface area contributed by atoms with E-state index in [0.717, 1.165) is 0 Å². The van der Waals surface area contributed by atoms with Crippen molar-refractivity contribution in [1.29, 1.82) is 0 Å². The second kappa shape index (κ2) is 9.33. The van der Waals surface area contributed by atoms with Crippen molar-refractivity contribution < 1.29 is 28.6 Å². The lowest BCUT2D eigenvalue weighted by Crippen LogP contribution is -2.35. The van der Waals surface area contributed by atoms with Gasteiger partial charge in [-0.3, -0.25) is 4.79 Å². The van der Waals surface area contributed by atoms with E-state index in [2.05, 4.69) is 15.1 Å². The average Bonchev–Trinajstić information content (AvgIpc) is 2.72. The number of aromatic nitrogens is 2. The fourth-order valence-electron chi connectivity index (χ4n) is 2.47. The van der Waals surface area contributed by atoms with Crippen LogP contribution in [0, 0.1) is 0 Å². The van der Waals surface area contributed by atoms with E-state index in [-0.39, 0.29) is 34.9 Å². The first-order valence-corrected chi connectivity index (χ1v) is 8.73. The number of oxime groups is 1. The number of carbonyl (C=O) groups excluding carboxylic acids is 1. The van der Waals surface area contributed by atoms with Crippen LogP contribution in [0.3, 0.4) is 0 Å². The van der Waals surface area contributed by atoms with E-state index >= 15 is 0 Å². The SMILES string of the molecule is CON=C(C)c1cccc(Oc2nc(OC)cc(OC)n2)c1C(=O)C(C)(C)OC. The Morgan fingerprint density at radius 3 is 2.17 bits per heavy atom. The molecule has 156 valence electrons. The molecule has 0 spiro atoms. The van der Waals surface area contributed by atoms with E-state index < -0.39 is 5.60 Å². The van der Waals surface area contributed by atoms with E-state index in [1.54, 1.807) is 39.0 Å². The quantitative estimate of drug-likeness (QED) is 0.357. The third-order valence-electron chi connectivity index (χ3n) is 4.21. The molecule has 0 saturated heterocycles. The Balaban J connectivity index is 2.64. The lowest BCUT2D eigenvalue weighted by molar-refractivity contribution is 0.0226. The number of hydrogen-bond donors (Lipinski definition) is 0. The van der Waals surface area contributed by atoms with Gasteiger partial charge in [0.05, 0.1) is 31.6 Å². The molecule has 1 heterocycles. The highest BCUT2D eigenvalue weighted by Gasteiger charge is 2.33. The molecule has 0 atom stereocenters. The van der Waals surface area contributed by atoms with Crippen molar-refractivity contribution in [2.24, 2.45) is 5.16 Å². The largest absolute Gasteiger partial charge is 0.481 e. The van der Waals surface area contributed by atoms with Gasteiger partial charge < -0.3 is 23.8 Å².